The van der Waals surface area contributed by atoms with E-state index in [0.29, 0.717) is 26.9 Å². The van der Waals surface area contributed by atoms with Crippen molar-refractivity contribution >= 4 is 23.4 Å². The van der Waals surface area contributed by atoms with Crippen LogP contribution in [0.2, 0.25) is 5.02 Å². The van der Waals surface area contributed by atoms with Crippen LogP contribution in [0.3, 0.4) is 0 Å². The van der Waals surface area contributed by atoms with E-state index in [1.165, 1.54) is 17.8 Å². The Bertz CT molecular complexity index is 610. The van der Waals surface area contributed by atoms with Gasteiger partial charge in [-0.3, -0.25) is 0 Å². The van der Waals surface area contributed by atoms with Gasteiger partial charge in [-0.15, -0.1) is 11.8 Å². The van der Waals surface area contributed by atoms with Crippen molar-refractivity contribution in [3.63, 3.8) is 0 Å². The predicted octanol–water partition coefficient (Wildman–Crippen LogP) is 4.04. The van der Waals surface area contributed by atoms with Gasteiger partial charge in [-0.1, -0.05) is 17.7 Å². The smallest absolute Gasteiger partial charge is 0.128 e. The highest BCUT2D eigenvalue weighted by molar-refractivity contribution is 7.98. The molecule has 0 fully saturated rings. The van der Waals surface area contributed by atoms with Crippen molar-refractivity contribution < 1.29 is 4.39 Å². The van der Waals surface area contributed by atoms with Gasteiger partial charge in [-0.25, -0.2) is 9.37 Å². The zero-order valence-corrected chi connectivity index (χ0v) is 10.8. The molecule has 0 aliphatic rings. The fourth-order valence-corrected chi connectivity index (χ4v) is 2.51. The molecular formula is C13H8ClFN2S. The molecule has 2 rings (SSSR count). The summed E-state index contributed by atoms with van der Waals surface area (Å²) in [5.41, 5.74) is 0.845. The molecule has 1 aromatic carbocycles. The first kappa shape index (κ1) is 12.9. The minimum absolute atomic E-state index is 0.317. The van der Waals surface area contributed by atoms with Crippen LogP contribution in [0.15, 0.2) is 41.6 Å². The first-order valence-electron chi connectivity index (χ1n) is 5.12. The lowest BCUT2D eigenvalue weighted by molar-refractivity contribution is 0.617. The summed E-state index contributed by atoms with van der Waals surface area (Å²) in [4.78, 5) is 4.11. The van der Waals surface area contributed by atoms with Gasteiger partial charge in [0.25, 0.3) is 0 Å². The van der Waals surface area contributed by atoms with Crippen LogP contribution in [0.25, 0.3) is 0 Å². The van der Waals surface area contributed by atoms with E-state index < -0.39 is 0 Å². The van der Waals surface area contributed by atoms with E-state index >= 15 is 0 Å². The Morgan fingerprint density at radius 1 is 1.39 bits per heavy atom. The van der Waals surface area contributed by atoms with E-state index in [1.54, 1.807) is 30.5 Å². The number of thioether (sulfide) groups is 1. The zero-order valence-electron chi connectivity index (χ0n) is 9.23. The van der Waals surface area contributed by atoms with Gasteiger partial charge in [0.1, 0.15) is 10.8 Å². The molecule has 0 radical (unpaired) electrons. The molecule has 0 unspecified atom stereocenters. The number of nitrogens with zero attached hydrogens (tertiary/aromatic N) is 2. The highest BCUT2D eigenvalue weighted by atomic mass is 35.5. The lowest BCUT2D eigenvalue weighted by atomic mass is 10.1. The quantitative estimate of drug-likeness (QED) is 0.795. The molecule has 0 N–H and O–H groups in total. The second kappa shape index (κ2) is 5.85. The first-order chi connectivity index (χ1) is 8.70. The van der Waals surface area contributed by atoms with Crippen LogP contribution in [0.1, 0.15) is 11.1 Å². The van der Waals surface area contributed by atoms with E-state index in [9.17, 15) is 4.39 Å². The summed E-state index contributed by atoms with van der Waals surface area (Å²) in [5, 5.41) is 9.87. The fraction of sp³-hybridized carbons (Fsp3) is 0.0769. The molecule has 0 saturated heterocycles. The molecule has 0 amide bonds. The minimum atomic E-state index is -0.381. The number of rotatable bonds is 3. The van der Waals surface area contributed by atoms with E-state index in [0.717, 1.165) is 0 Å². The van der Waals surface area contributed by atoms with Crippen LogP contribution >= 0.6 is 23.4 Å². The normalized spacial score (nSPS) is 10.1. The van der Waals surface area contributed by atoms with Gasteiger partial charge in [0.15, 0.2) is 0 Å². The third-order valence-electron chi connectivity index (χ3n) is 2.27. The van der Waals surface area contributed by atoms with Crippen molar-refractivity contribution in [3.8, 4) is 6.07 Å². The van der Waals surface area contributed by atoms with Crippen LogP contribution in [0.4, 0.5) is 4.39 Å². The third-order valence-corrected chi connectivity index (χ3v) is 3.74. The lowest BCUT2D eigenvalue weighted by Gasteiger charge is -2.04. The van der Waals surface area contributed by atoms with Crippen molar-refractivity contribution in [1.82, 2.24) is 4.98 Å². The summed E-state index contributed by atoms with van der Waals surface area (Å²) in [6.07, 6.45) is 1.64. The summed E-state index contributed by atoms with van der Waals surface area (Å²) < 4.78 is 13.6. The molecule has 2 aromatic rings. The van der Waals surface area contributed by atoms with Gasteiger partial charge < -0.3 is 0 Å². The van der Waals surface area contributed by atoms with Crippen LogP contribution < -0.4 is 0 Å². The molecule has 0 atom stereocenters. The van der Waals surface area contributed by atoms with E-state index in [2.05, 4.69) is 4.98 Å². The maximum Gasteiger partial charge on any atom is 0.128 e. The van der Waals surface area contributed by atoms with E-state index in [4.69, 9.17) is 16.9 Å². The Morgan fingerprint density at radius 2 is 2.22 bits per heavy atom. The molecular weight excluding hydrogens is 271 g/mol. The number of benzene rings is 1. The third kappa shape index (κ3) is 3.00. The van der Waals surface area contributed by atoms with Crippen molar-refractivity contribution in [3.05, 3.63) is 58.5 Å². The van der Waals surface area contributed by atoms with Gasteiger partial charge in [-0.05, 0) is 29.8 Å². The summed E-state index contributed by atoms with van der Waals surface area (Å²) >= 11 is 7.32. The van der Waals surface area contributed by atoms with E-state index in [1.807, 2.05) is 6.07 Å². The largest absolute Gasteiger partial charge is 0.248 e. The summed E-state index contributed by atoms with van der Waals surface area (Å²) in [5.74, 6) is 0.0440. The minimum Gasteiger partial charge on any atom is -0.248 e. The monoisotopic (exact) mass is 278 g/mol. The van der Waals surface area contributed by atoms with Crippen LogP contribution in [0, 0.1) is 17.1 Å². The average molecular weight is 279 g/mol. The number of aromatic nitrogens is 1. The molecule has 90 valence electrons. The Hall–Kier alpha value is -1.57. The van der Waals surface area contributed by atoms with Crippen molar-refractivity contribution in [2.24, 2.45) is 0 Å². The predicted molar refractivity (Wildman–Crippen MR) is 69.9 cm³/mol. The maximum atomic E-state index is 13.6. The summed E-state index contributed by atoms with van der Waals surface area (Å²) in [6, 6.07) is 9.82. The molecule has 0 spiro atoms. The zero-order chi connectivity index (χ0) is 13.0. The number of hydrogen-bond acceptors (Lipinski definition) is 3. The van der Waals surface area contributed by atoms with Crippen molar-refractivity contribution in [2.75, 3.05) is 0 Å². The Kier molecular flexibility index (Phi) is 4.19. The molecule has 1 aromatic heterocycles. The molecule has 0 bridgehead atoms. The van der Waals surface area contributed by atoms with Crippen molar-refractivity contribution in [2.45, 2.75) is 10.8 Å². The highest BCUT2D eigenvalue weighted by Crippen LogP contribution is 2.28. The first-order valence-corrected chi connectivity index (χ1v) is 6.49. The molecule has 1 heterocycles. The Morgan fingerprint density at radius 3 is 2.89 bits per heavy atom. The molecule has 2 nitrogen and oxygen atoms in total. The summed E-state index contributed by atoms with van der Waals surface area (Å²) in [6.45, 7) is 0. The second-order valence-electron chi connectivity index (χ2n) is 3.50. The van der Waals surface area contributed by atoms with Crippen LogP contribution in [-0.4, -0.2) is 4.98 Å². The molecule has 18 heavy (non-hydrogen) atoms. The van der Waals surface area contributed by atoms with Gasteiger partial charge in [-0.2, -0.15) is 5.26 Å². The topological polar surface area (TPSA) is 36.7 Å². The van der Waals surface area contributed by atoms with Gasteiger partial charge in [0.2, 0.25) is 0 Å². The Balaban J connectivity index is 2.12. The molecule has 0 aliphatic heterocycles. The van der Waals surface area contributed by atoms with Gasteiger partial charge in [0.05, 0.1) is 16.7 Å². The number of nitriles is 1. The molecule has 5 heteroatoms. The average Bonchev–Trinajstić information content (AvgIpc) is 2.39. The Labute approximate surface area is 113 Å². The number of halogens is 2. The SMILES string of the molecule is N#Cc1ccc(CSc2ncccc2Cl)c(F)c1. The molecule has 0 saturated carbocycles. The maximum absolute atomic E-state index is 13.6. The van der Waals surface area contributed by atoms with Gasteiger partial charge in [0, 0.05) is 11.9 Å². The van der Waals surface area contributed by atoms with E-state index in [-0.39, 0.29) is 5.82 Å². The second-order valence-corrected chi connectivity index (χ2v) is 4.87. The standard InChI is InChI=1S/C13H8ClFN2S/c14-11-2-1-5-17-13(11)18-8-10-4-3-9(7-16)6-12(10)15/h1-6H,8H2. The van der Waals surface area contributed by atoms with Crippen LogP contribution in [-0.2, 0) is 5.75 Å². The molecule has 0 aliphatic carbocycles. The fourth-order valence-electron chi connectivity index (χ4n) is 1.36. The lowest BCUT2D eigenvalue weighted by Crippen LogP contribution is -1.90. The summed E-state index contributed by atoms with van der Waals surface area (Å²) in [7, 11) is 0. The van der Waals surface area contributed by atoms with Crippen molar-refractivity contribution in [1.29, 1.82) is 5.26 Å². The van der Waals surface area contributed by atoms with Crippen LogP contribution in [0.5, 0.6) is 0 Å². The number of hydrogen-bond donors (Lipinski definition) is 0. The number of pyridine rings is 1. The van der Waals surface area contributed by atoms with Gasteiger partial charge >= 0.3 is 0 Å². The highest BCUT2D eigenvalue weighted by Gasteiger charge is 2.06.